The lowest BCUT2D eigenvalue weighted by atomic mass is 9.97. The molecule has 4 aromatic carbocycles. The molecule has 0 aromatic heterocycles. The number of unbranched alkanes of at least 4 members (excludes halogenated alkanes) is 1. The lowest BCUT2D eigenvalue weighted by Crippen LogP contribution is -2.62. The Morgan fingerprint density at radius 3 is 1.70 bits per heavy atom. The number of esters is 2. The molecule has 0 radical (unpaired) electrons. The van der Waals surface area contributed by atoms with Gasteiger partial charge in [-0.05, 0) is 48.2 Å². The molecule has 244 valence electrons. The van der Waals surface area contributed by atoms with Crippen molar-refractivity contribution in [2.24, 2.45) is 0 Å². The zero-order valence-electron chi connectivity index (χ0n) is 26.2. The van der Waals surface area contributed by atoms with Crippen LogP contribution in [0.25, 0.3) is 0 Å². The van der Waals surface area contributed by atoms with E-state index in [1.54, 1.807) is 48.5 Å². The van der Waals surface area contributed by atoms with E-state index in [1.807, 2.05) is 78.9 Å². The molecule has 1 aliphatic rings. The van der Waals surface area contributed by atoms with Crippen molar-refractivity contribution in [2.75, 3.05) is 13.2 Å². The number of carbonyl (C=O) groups is 2. The highest BCUT2D eigenvalue weighted by molar-refractivity contribution is 5.89. The SMILES string of the molecule is C=CCCCO[C@@H]1O[C@H](COC(=O)c2ccccc2)[C@@H](OCc2ccccc2)[C@H](OCc2ccccc2)[C@H]1OC(=O)c1ccccc1. The van der Waals surface area contributed by atoms with E-state index in [-0.39, 0.29) is 19.8 Å². The topological polar surface area (TPSA) is 89.5 Å². The second kappa shape index (κ2) is 17.9. The van der Waals surface area contributed by atoms with Crippen LogP contribution in [0, 0.1) is 0 Å². The van der Waals surface area contributed by atoms with Crippen molar-refractivity contribution in [1.29, 1.82) is 0 Å². The number of ether oxygens (including phenoxy) is 6. The summed E-state index contributed by atoms with van der Waals surface area (Å²) in [4.78, 5) is 26.5. The minimum atomic E-state index is -1.04. The summed E-state index contributed by atoms with van der Waals surface area (Å²) in [6.07, 6.45) is -1.32. The average molecular weight is 637 g/mol. The highest BCUT2D eigenvalue weighted by Gasteiger charge is 2.51. The zero-order chi connectivity index (χ0) is 32.7. The van der Waals surface area contributed by atoms with E-state index in [0.717, 1.165) is 17.5 Å². The molecule has 0 bridgehead atoms. The Bertz CT molecular complexity index is 1510. The molecule has 1 saturated heterocycles. The standard InChI is InChI=1S/C39H40O8/c1-2-3-16-25-42-39-36(47-38(41)32-23-14-7-15-24-32)35(44-27-30-19-10-5-11-20-30)34(43-26-29-17-8-4-9-18-29)33(46-39)28-45-37(40)31-21-12-6-13-22-31/h2,4-15,17-24,33-36,39H,1,3,16,25-28H2/t33-,34-,35+,36-,39-/m1/s1. The first-order chi connectivity index (χ1) is 23.1. The predicted molar refractivity (Wildman–Crippen MR) is 176 cm³/mol. The summed E-state index contributed by atoms with van der Waals surface area (Å²) in [5.74, 6) is -1.05. The van der Waals surface area contributed by atoms with Gasteiger partial charge in [-0.3, -0.25) is 0 Å². The third-order valence-electron chi connectivity index (χ3n) is 7.64. The van der Waals surface area contributed by atoms with E-state index >= 15 is 0 Å². The van der Waals surface area contributed by atoms with Gasteiger partial charge in [0, 0.05) is 0 Å². The van der Waals surface area contributed by atoms with Crippen molar-refractivity contribution < 1.29 is 38.0 Å². The Morgan fingerprint density at radius 1 is 0.638 bits per heavy atom. The van der Waals surface area contributed by atoms with E-state index < -0.39 is 42.6 Å². The maximum Gasteiger partial charge on any atom is 0.338 e. The van der Waals surface area contributed by atoms with E-state index in [9.17, 15) is 9.59 Å². The molecule has 0 unspecified atom stereocenters. The van der Waals surface area contributed by atoms with Crippen LogP contribution in [0.1, 0.15) is 44.7 Å². The van der Waals surface area contributed by atoms with E-state index in [4.69, 9.17) is 28.4 Å². The number of hydrogen-bond acceptors (Lipinski definition) is 8. The molecular weight excluding hydrogens is 596 g/mol. The highest BCUT2D eigenvalue weighted by atomic mass is 16.7. The Labute approximate surface area is 275 Å². The van der Waals surface area contributed by atoms with Crippen LogP contribution in [0.2, 0.25) is 0 Å². The first-order valence-corrected chi connectivity index (χ1v) is 15.8. The molecule has 8 nitrogen and oxygen atoms in total. The molecule has 8 heteroatoms. The second-order valence-corrected chi connectivity index (χ2v) is 11.1. The fraction of sp³-hybridized carbons (Fsp3) is 0.282. The van der Waals surface area contributed by atoms with Gasteiger partial charge < -0.3 is 28.4 Å². The molecule has 47 heavy (non-hydrogen) atoms. The van der Waals surface area contributed by atoms with Crippen molar-refractivity contribution >= 4 is 11.9 Å². The summed E-state index contributed by atoms with van der Waals surface area (Å²) in [5, 5.41) is 0. The maximum atomic E-state index is 13.5. The number of benzene rings is 4. The summed E-state index contributed by atoms with van der Waals surface area (Å²) in [6, 6.07) is 36.8. The Morgan fingerprint density at radius 2 is 1.15 bits per heavy atom. The first kappa shape index (κ1) is 33.8. The monoisotopic (exact) mass is 636 g/mol. The van der Waals surface area contributed by atoms with Crippen molar-refractivity contribution in [3.63, 3.8) is 0 Å². The van der Waals surface area contributed by atoms with Crippen LogP contribution in [0.5, 0.6) is 0 Å². The van der Waals surface area contributed by atoms with Crippen LogP contribution >= 0.6 is 0 Å². The van der Waals surface area contributed by atoms with Gasteiger partial charge in [0.1, 0.15) is 24.9 Å². The normalized spacial score (nSPS) is 20.6. The Kier molecular flexibility index (Phi) is 12.9. The van der Waals surface area contributed by atoms with Crippen LogP contribution < -0.4 is 0 Å². The van der Waals surface area contributed by atoms with Crippen molar-refractivity contribution in [1.82, 2.24) is 0 Å². The molecule has 1 heterocycles. The molecule has 5 rings (SSSR count). The molecule has 0 spiro atoms. The first-order valence-electron chi connectivity index (χ1n) is 15.8. The van der Waals surface area contributed by atoms with Crippen LogP contribution in [0.4, 0.5) is 0 Å². The van der Waals surface area contributed by atoms with Crippen LogP contribution in [-0.4, -0.2) is 55.9 Å². The molecule has 0 aliphatic carbocycles. The summed E-state index contributed by atoms with van der Waals surface area (Å²) >= 11 is 0. The largest absolute Gasteiger partial charge is 0.459 e. The van der Waals surface area contributed by atoms with Crippen molar-refractivity contribution in [3.8, 4) is 0 Å². The number of hydrogen-bond donors (Lipinski definition) is 0. The fourth-order valence-corrected chi connectivity index (χ4v) is 5.21. The van der Waals surface area contributed by atoms with Gasteiger partial charge in [-0.15, -0.1) is 6.58 Å². The van der Waals surface area contributed by atoms with Gasteiger partial charge >= 0.3 is 11.9 Å². The maximum absolute atomic E-state index is 13.5. The van der Waals surface area contributed by atoms with Gasteiger partial charge in [0.15, 0.2) is 12.4 Å². The summed E-state index contributed by atoms with van der Waals surface area (Å²) < 4.78 is 37.7. The number of rotatable bonds is 16. The third-order valence-corrected chi connectivity index (χ3v) is 7.64. The van der Waals surface area contributed by atoms with Gasteiger partial charge in [0.25, 0.3) is 0 Å². The summed E-state index contributed by atoms with van der Waals surface area (Å²) in [5.41, 5.74) is 2.63. The molecule has 1 fully saturated rings. The molecule has 5 atom stereocenters. The zero-order valence-corrected chi connectivity index (χ0v) is 26.2. The summed E-state index contributed by atoms with van der Waals surface area (Å²) in [7, 11) is 0. The number of allylic oxidation sites excluding steroid dienone is 1. The van der Waals surface area contributed by atoms with Crippen LogP contribution in [-0.2, 0) is 41.6 Å². The van der Waals surface area contributed by atoms with Crippen molar-refractivity contribution in [2.45, 2.75) is 56.8 Å². The third kappa shape index (κ3) is 9.94. The minimum absolute atomic E-state index is 0.149. The smallest absolute Gasteiger partial charge is 0.338 e. The van der Waals surface area contributed by atoms with Crippen LogP contribution in [0.15, 0.2) is 134 Å². The van der Waals surface area contributed by atoms with E-state index in [0.29, 0.717) is 24.2 Å². The number of carbonyl (C=O) groups excluding carboxylic acids is 2. The van der Waals surface area contributed by atoms with Gasteiger partial charge in [-0.2, -0.15) is 0 Å². The molecule has 4 aromatic rings. The predicted octanol–water partition coefficient (Wildman–Crippen LogP) is 6.95. The van der Waals surface area contributed by atoms with E-state index in [2.05, 4.69) is 6.58 Å². The van der Waals surface area contributed by atoms with E-state index in [1.165, 1.54) is 0 Å². The van der Waals surface area contributed by atoms with Gasteiger partial charge in [0.05, 0.1) is 30.9 Å². The van der Waals surface area contributed by atoms with Crippen LogP contribution in [0.3, 0.4) is 0 Å². The minimum Gasteiger partial charge on any atom is -0.459 e. The Hall–Kier alpha value is -4.60. The van der Waals surface area contributed by atoms with Gasteiger partial charge in [-0.25, -0.2) is 9.59 Å². The summed E-state index contributed by atoms with van der Waals surface area (Å²) in [6.45, 7) is 4.37. The molecular formula is C39H40O8. The molecule has 1 aliphatic heterocycles. The highest BCUT2D eigenvalue weighted by Crippen LogP contribution is 2.32. The van der Waals surface area contributed by atoms with Gasteiger partial charge in [-0.1, -0.05) is 103 Å². The lowest BCUT2D eigenvalue weighted by Gasteiger charge is -2.45. The molecule has 0 N–H and O–H groups in total. The molecule has 0 amide bonds. The van der Waals surface area contributed by atoms with Crippen molar-refractivity contribution in [3.05, 3.63) is 156 Å². The Balaban J connectivity index is 1.47. The second-order valence-electron chi connectivity index (χ2n) is 11.1. The average Bonchev–Trinajstić information content (AvgIpc) is 3.13. The quantitative estimate of drug-likeness (QED) is 0.0742. The van der Waals surface area contributed by atoms with Gasteiger partial charge in [0.2, 0.25) is 0 Å². The fourth-order valence-electron chi connectivity index (χ4n) is 5.21. The molecule has 0 saturated carbocycles. The lowest BCUT2D eigenvalue weighted by molar-refractivity contribution is -0.315.